The number of halogens is 1. The number of ketones is 1. The monoisotopic (exact) mass is 438 g/mol. The number of Topliss-reactive ketones (excluding diaryl/α,β-unsaturated/α-hetero) is 1. The van der Waals surface area contributed by atoms with E-state index in [4.69, 9.17) is 21.1 Å². The van der Waals surface area contributed by atoms with Gasteiger partial charge in [0.2, 0.25) is 0 Å². The lowest BCUT2D eigenvalue weighted by atomic mass is 9.85. The van der Waals surface area contributed by atoms with E-state index in [1.807, 2.05) is 6.92 Å². The molecule has 1 aromatic carbocycles. The summed E-state index contributed by atoms with van der Waals surface area (Å²) in [5.41, 5.74) is -0.785. The van der Waals surface area contributed by atoms with E-state index in [0.29, 0.717) is 28.5 Å². The van der Waals surface area contributed by atoms with Gasteiger partial charge in [0.25, 0.3) is 11.8 Å². The Labute approximate surface area is 180 Å². The van der Waals surface area contributed by atoms with Gasteiger partial charge in [0.15, 0.2) is 17.9 Å². The van der Waals surface area contributed by atoms with Crippen LogP contribution in [0.15, 0.2) is 18.2 Å². The Hall–Kier alpha value is -2.61. The number of nitrogens with one attached hydrogen (secondary N) is 1. The van der Waals surface area contributed by atoms with Crippen LogP contribution < -0.4 is 10.1 Å². The molecule has 1 N–H and O–H groups in total. The number of rotatable bonds is 8. The predicted molar refractivity (Wildman–Crippen MR) is 112 cm³/mol. The Kier molecular flexibility index (Phi) is 7.47. The first-order chi connectivity index (χ1) is 14.0. The number of benzene rings is 1. The third kappa shape index (κ3) is 5.11. The van der Waals surface area contributed by atoms with Crippen LogP contribution in [0.25, 0.3) is 0 Å². The summed E-state index contributed by atoms with van der Waals surface area (Å²) in [6.07, 6.45) is -0.196. The minimum atomic E-state index is -1.68. The van der Waals surface area contributed by atoms with Crippen LogP contribution in [0.5, 0.6) is 5.75 Å². The quantitative estimate of drug-likeness (QED) is 0.619. The molecule has 1 saturated heterocycles. The lowest BCUT2D eigenvalue weighted by Crippen LogP contribution is -2.55. The van der Waals surface area contributed by atoms with Crippen LogP contribution in [0, 0.1) is 5.41 Å². The second-order valence-electron chi connectivity index (χ2n) is 8.07. The number of anilines is 1. The molecule has 0 radical (unpaired) electrons. The topological polar surface area (TPSA) is 102 Å². The summed E-state index contributed by atoms with van der Waals surface area (Å²) in [5.74, 6) is -1.82. The molecule has 1 heterocycles. The number of cyclic esters (lactones) is 1. The molecule has 1 aliphatic heterocycles. The summed E-state index contributed by atoms with van der Waals surface area (Å²) >= 11 is 6.00. The second kappa shape index (κ2) is 9.47. The Morgan fingerprint density at radius 2 is 1.97 bits per heavy atom. The van der Waals surface area contributed by atoms with Crippen molar-refractivity contribution < 1.29 is 28.7 Å². The van der Waals surface area contributed by atoms with Gasteiger partial charge in [-0.15, -0.1) is 0 Å². The number of ether oxygens (including phenoxy) is 2. The number of unbranched alkanes of at least 4 members (excludes halogenated alkanes) is 1. The van der Waals surface area contributed by atoms with Crippen molar-refractivity contribution in [2.75, 3.05) is 12.4 Å². The largest absolute Gasteiger partial charge is 0.495 e. The maximum Gasteiger partial charge on any atom is 0.418 e. The van der Waals surface area contributed by atoms with Crippen molar-refractivity contribution in [1.82, 2.24) is 4.90 Å². The average Bonchev–Trinajstić information content (AvgIpc) is 2.94. The molecule has 2 atom stereocenters. The summed E-state index contributed by atoms with van der Waals surface area (Å²) < 4.78 is 10.4. The number of nitrogens with zero attached hydrogens (tertiary/aromatic N) is 1. The number of amides is 3. The summed E-state index contributed by atoms with van der Waals surface area (Å²) in [5, 5.41) is 2.89. The molecular formula is C21H27ClN2O6. The molecule has 30 heavy (non-hydrogen) atoms. The normalized spacial score (nSPS) is 17.5. The molecule has 0 aromatic heterocycles. The van der Waals surface area contributed by atoms with Crippen molar-refractivity contribution in [3.63, 3.8) is 0 Å². The molecule has 8 nitrogen and oxygen atoms in total. The minimum Gasteiger partial charge on any atom is -0.495 e. The van der Waals surface area contributed by atoms with Crippen molar-refractivity contribution in [3.8, 4) is 5.75 Å². The van der Waals surface area contributed by atoms with Crippen molar-refractivity contribution in [2.24, 2.45) is 5.41 Å². The van der Waals surface area contributed by atoms with Crippen molar-refractivity contribution in [2.45, 2.75) is 59.1 Å². The fourth-order valence-corrected chi connectivity index (χ4v) is 3.19. The average molecular weight is 439 g/mol. The van der Waals surface area contributed by atoms with Crippen LogP contribution in [-0.4, -0.2) is 47.8 Å². The van der Waals surface area contributed by atoms with Crippen LogP contribution >= 0.6 is 11.6 Å². The summed E-state index contributed by atoms with van der Waals surface area (Å²) in [6, 6.07) is 2.90. The van der Waals surface area contributed by atoms with Gasteiger partial charge in [-0.2, -0.15) is 0 Å². The number of methoxy groups -OCH3 is 1. The zero-order valence-electron chi connectivity index (χ0n) is 17.8. The molecule has 3 amide bonds. The maximum atomic E-state index is 13.1. The third-order valence-corrected chi connectivity index (χ3v) is 4.92. The van der Waals surface area contributed by atoms with E-state index in [-0.39, 0.29) is 5.69 Å². The van der Waals surface area contributed by atoms with Crippen LogP contribution in [0.4, 0.5) is 10.5 Å². The summed E-state index contributed by atoms with van der Waals surface area (Å²) in [4.78, 5) is 52.2. The van der Waals surface area contributed by atoms with E-state index < -0.39 is 41.3 Å². The molecule has 0 aliphatic carbocycles. The second-order valence-corrected chi connectivity index (χ2v) is 8.51. The molecule has 1 aliphatic rings. The number of imide groups is 1. The Balaban J connectivity index is 2.40. The molecule has 1 aromatic rings. The summed E-state index contributed by atoms with van der Waals surface area (Å²) in [7, 11) is 1.41. The highest BCUT2D eigenvalue weighted by molar-refractivity contribution is 6.31. The standard InChI is InChI=1S/C21H27ClN2O6/c1-6-7-8-15-19(27)24(20(28)30-15)16(17(25)21(2,3)4)18(26)23-13-11-12(22)9-10-14(13)29-5/h9-11,15-16H,6-8H2,1-5H3,(H,23,26). The van der Waals surface area contributed by atoms with Gasteiger partial charge in [-0.3, -0.25) is 14.4 Å². The highest BCUT2D eigenvalue weighted by atomic mass is 35.5. The molecule has 0 bridgehead atoms. The number of hydrogen-bond acceptors (Lipinski definition) is 6. The third-order valence-electron chi connectivity index (χ3n) is 4.69. The lowest BCUT2D eigenvalue weighted by Gasteiger charge is -2.28. The van der Waals surface area contributed by atoms with Gasteiger partial charge in [-0.05, 0) is 31.0 Å². The molecule has 1 fully saturated rings. The zero-order valence-corrected chi connectivity index (χ0v) is 18.5. The lowest BCUT2D eigenvalue weighted by molar-refractivity contribution is -0.144. The fourth-order valence-electron chi connectivity index (χ4n) is 3.02. The number of carbonyl (C=O) groups is 4. The fraction of sp³-hybridized carbons (Fsp3) is 0.524. The first-order valence-electron chi connectivity index (χ1n) is 9.73. The van der Waals surface area contributed by atoms with Gasteiger partial charge in [0, 0.05) is 10.4 Å². The van der Waals surface area contributed by atoms with Crippen molar-refractivity contribution >= 4 is 41.0 Å². The van der Waals surface area contributed by atoms with Gasteiger partial charge in [-0.1, -0.05) is 45.7 Å². The van der Waals surface area contributed by atoms with E-state index in [2.05, 4.69) is 5.32 Å². The van der Waals surface area contributed by atoms with Crippen molar-refractivity contribution in [1.29, 1.82) is 0 Å². The molecule has 164 valence electrons. The number of carbonyl (C=O) groups excluding carboxylic acids is 4. The molecule has 9 heteroatoms. The molecular weight excluding hydrogens is 412 g/mol. The van der Waals surface area contributed by atoms with Gasteiger partial charge in [0.05, 0.1) is 12.8 Å². The van der Waals surface area contributed by atoms with Crippen LogP contribution in [0.1, 0.15) is 47.0 Å². The molecule has 2 rings (SSSR count). The Bertz CT molecular complexity index is 848. The predicted octanol–water partition coefficient (Wildman–Crippen LogP) is 3.81. The smallest absolute Gasteiger partial charge is 0.418 e. The van der Waals surface area contributed by atoms with E-state index in [0.717, 1.165) is 6.42 Å². The molecule has 0 spiro atoms. The highest BCUT2D eigenvalue weighted by Crippen LogP contribution is 2.30. The Morgan fingerprint density at radius 3 is 2.53 bits per heavy atom. The van der Waals surface area contributed by atoms with E-state index >= 15 is 0 Å². The van der Waals surface area contributed by atoms with E-state index in [1.54, 1.807) is 32.9 Å². The van der Waals surface area contributed by atoms with Crippen LogP contribution in [0.3, 0.4) is 0 Å². The van der Waals surface area contributed by atoms with Gasteiger partial charge < -0.3 is 14.8 Å². The van der Waals surface area contributed by atoms with Crippen LogP contribution in [0.2, 0.25) is 5.02 Å². The van der Waals surface area contributed by atoms with Gasteiger partial charge in [0.1, 0.15) is 5.75 Å². The van der Waals surface area contributed by atoms with Gasteiger partial charge >= 0.3 is 6.09 Å². The zero-order chi connectivity index (χ0) is 22.6. The first-order valence-corrected chi connectivity index (χ1v) is 10.1. The minimum absolute atomic E-state index is 0.212. The number of hydrogen-bond donors (Lipinski definition) is 1. The van der Waals surface area contributed by atoms with Crippen molar-refractivity contribution in [3.05, 3.63) is 23.2 Å². The molecule has 0 saturated carbocycles. The molecule has 2 unspecified atom stereocenters. The van der Waals surface area contributed by atoms with Crippen LogP contribution in [-0.2, 0) is 19.1 Å². The van der Waals surface area contributed by atoms with Gasteiger partial charge in [-0.25, -0.2) is 9.69 Å². The van der Waals surface area contributed by atoms with E-state index in [9.17, 15) is 19.2 Å². The Morgan fingerprint density at radius 1 is 1.30 bits per heavy atom. The summed E-state index contributed by atoms with van der Waals surface area (Å²) in [6.45, 7) is 6.76. The maximum absolute atomic E-state index is 13.1. The van der Waals surface area contributed by atoms with E-state index in [1.165, 1.54) is 13.2 Å². The highest BCUT2D eigenvalue weighted by Gasteiger charge is 2.51. The SMILES string of the molecule is CCCCC1OC(=O)N(C(C(=O)Nc2cc(Cl)ccc2OC)C(=O)C(C)(C)C)C1=O. The first kappa shape index (κ1) is 23.7.